The zero-order valence-electron chi connectivity index (χ0n) is 18.5. The number of aromatic hydroxyl groups is 1. The van der Waals surface area contributed by atoms with E-state index in [1.54, 1.807) is 18.2 Å². The number of hydrogen-bond acceptors (Lipinski definition) is 4. The van der Waals surface area contributed by atoms with Gasteiger partial charge < -0.3 is 19.8 Å². The van der Waals surface area contributed by atoms with E-state index in [2.05, 4.69) is 18.9 Å². The first-order chi connectivity index (χ1) is 14.0. The van der Waals surface area contributed by atoms with Gasteiger partial charge in [-0.3, -0.25) is 4.79 Å². The highest BCUT2D eigenvalue weighted by Gasteiger charge is 2.06. The summed E-state index contributed by atoms with van der Waals surface area (Å²) in [4.78, 5) is 12.9. The fraction of sp³-hybridized carbons (Fsp3) is 0.708. The number of nitrogens with zero attached hydrogens (tertiary/aromatic N) is 1. The minimum absolute atomic E-state index is 0.0114. The molecule has 0 fully saturated rings. The largest absolute Gasteiger partial charge is 0.508 e. The van der Waals surface area contributed by atoms with Crippen LogP contribution >= 0.6 is 0 Å². The summed E-state index contributed by atoms with van der Waals surface area (Å²) >= 11 is 0. The number of carbonyl (C=O) groups is 1. The fourth-order valence-corrected chi connectivity index (χ4v) is 3.39. The van der Waals surface area contributed by atoms with Gasteiger partial charge in [0.25, 0.3) is 0 Å². The third kappa shape index (κ3) is 13.2. The van der Waals surface area contributed by atoms with Gasteiger partial charge in [-0.15, -0.1) is 0 Å². The van der Waals surface area contributed by atoms with E-state index in [0.29, 0.717) is 24.3 Å². The van der Waals surface area contributed by atoms with Crippen molar-refractivity contribution in [3.05, 3.63) is 23.8 Å². The van der Waals surface area contributed by atoms with Gasteiger partial charge in [-0.05, 0) is 38.1 Å². The molecule has 29 heavy (non-hydrogen) atoms. The normalized spacial score (nSPS) is 11.1. The maximum atomic E-state index is 10.6. The van der Waals surface area contributed by atoms with Crippen LogP contribution in [0.15, 0.2) is 18.2 Å². The van der Waals surface area contributed by atoms with Gasteiger partial charge in [0.1, 0.15) is 18.1 Å². The smallest absolute Gasteiger partial charge is 0.303 e. The molecule has 0 amide bonds. The molecule has 0 atom stereocenters. The quantitative estimate of drug-likeness (QED) is 0.308. The van der Waals surface area contributed by atoms with Crippen molar-refractivity contribution in [3.8, 4) is 11.5 Å². The maximum absolute atomic E-state index is 10.6. The minimum atomic E-state index is -0.866. The minimum Gasteiger partial charge on any atom is -0.508 e. The molecule has 0 radical (unpaired) electrons. The lowest BCUT2D eigenvalue weighted by atomic mass is 10.1. The molecule has 1 aromatic rings. The number of benzene rings is 1. The van der Waals surface area contributed by atoms with Crippen molar-refractivity contribution in [2.45, 2.75) is 84.0 Å². The van der Waals surface area contributed by atoms with E-state index >= 15 is 0 Å². The molecule has 0 bridgehead atoms. The number of aryl methyl sites for hydroxylation is 1. The van der Waals surface area contributed by atoms with Crippen LogP contribution in [0.3, 0.4) is 0 Å². The number of carboxylic acid groups (broad SMARTS) is 1. The van der Waals surface area contributed by atoms with E-state index < -0.39 is 5.97 Å². The second-order valence-corrected chi connectivity index (χ2v) is 8.02. The number of phenols is 1. The molecule has 5 heteroatoms. The number of ether oxygens (including phenoxy) is 1. The number of rotatable bonds is 18. The first-order valence-electron chi connectivity index (χ1n) is 11.4. The Kier molecular flexibility index (Phi) is 14.0. The van der Waals surface area contributed by atoms with Gasteiger partial charge in [0.2, 0.25) is 0 Å². The van der Waals surface area contributed by atoms with Crippen LogP contribution in [0.2, 0.25) is 0 Å². The second kappa shape index (κ2) is 16.1. The van der Waals surface area contributed by atoms with Crippen molar-refractivity contribution in [2.24, 2.45) is 0 Å². The molecular formula is C24H41NO4. The zero-order valence-corrected chi connectivity index (χ0v) is 18.5. The van der Waals surface area contributed by atoms with Crippen LogP contribution in [0, 0.1) is 0 Å². The number of unbranched alkanes of at least 4 members (excludes halogenated alkanes) is 9. The summed E-state index contributed by atoms with van der Waals surface area (Å²) in [6.45, 7) is 4.76. The monoisotopic (exact) mass is 407 g/mol. The molecule has 0 saturated carbocycles. The molecule has 0 heterocycles. The molecule has 1 rings (SSSR count). The van der Waals surface area contributed by atoms with Crippen LogP contribution in [-0.2, 0) is 11.2 Å². The molecule has 1 aromatic carbocycles. The number of carboxylic acids is 1. The van der Waals surface area contributed by atoms with Gasteiger partial charge in [0, 0.05) is 19.0 Å². The highest BCUT2D eigenvalue weighted by atomic mass is 16.5. The SMILES string of the molecule is CCCCCCCCCCCCN(C)CCOc1ccc(CCC(=O)O)c(O)c1. The highest BCUT2D eigenvalue weighted by Crippen LogP contribution is 2.24. The van der Waals surface area contributed by atoms with Crippen LogP contribution < -0.4 is 4.74 Å². The Morgan fingerprint density at radius 1 is 0.966 bits per heavy atom. The molecule has 0 aromatic heterocycles. The molecule has 0 aliphatic rings. The molecule has 166 valence electrons. The van der Waals surface area contributed by atoms with E-state index in [0.717, 1.165) is 13.1 Å². The Bertz CT molecular complexity index is 562. The van der Waals surface area contributed by atoms with Gasteiger partial charge >= 0.3 is 5.97 Å². The summed E-state index contributed by atoms with van der Waals surface area (Å²) in [5, 5.41) is 18.7. The standard InChI is InChI=1S/C24H41NO4/c1-3-4-5-6-7-8-9-10-11-12-17-25(2)18-19-29-22-15-13-21(23(26)20-22)14-16-24(27)28/h13,15,20,26H,3-12,14,16-19H2,1-2H3,(H,27,28). The predicted molar refractivity (Wildman–Crippen MR) is 119 cm³/mol. The topological polar surface area (TPSA) is 70.0 Å². The molecule has 0 spiro atoms. The summed E-state index contributed by atoms with van der Waals surface area (Å²) in [7, 11) is 2.11. The van der Waals surface area contributed by atoms with E-state index in [9.17, 15) is 9.90 Å². The van der Waals surface area contributed by atoms with Crippen molar-refractivity contribution >= 4 is 5.97 Å². The average molecular weight is 408 g/mol. The van der Waals surface area contributed by atoms with Crippen molar-refractivity contribution < 1.29 is 19.7 Å². The summed E-state index contributed by atoms with van der Waals surface area (Å²) < 4.78 is 5.72. The number of hydrogen-bond donors (Lipinski definition) is 2. The maximum Gasteiger partial charge on any atom is 0.303 e. The van der Waals surface area contributed by atoms with Crippen LogP contribution in [0.25, 0.3) is 0 Å². The molecule has 2 N–H and O–H groups in total. The molecule has 5 nitrogen and oxygen atoms in total. The Balaban J connectivity index is 2.05. The molecular weight excluding hydrogens is 366 g/mol. The van der Waals surface area contributed by atoms with E-state index in [4.69, 9.17) is 9.84 Å². The zero-order chi connectivity index (χ0) is 21.3. The van der Waals surface area contributed by atoms with E-state index in [1.807, 2.05) is 0 Å². The van der Waals surface area contributed by atoms with Crippen LogP contribution in [0.4, 0.5) is 0 Å². The average Bonchev–Trinajstić information content (AvgIpc) is 2.68. The highest BCUT2D eigenvalue weighted by molar-refractivity contribution is 5.67. The van der Waals surface area contributed by atoms with E-state index in [-0.39, 0.29) is 12.2 Å². The van der Waals surface area contributed by atoms with Gasteiger partial charge in [0.15, 0.2) is 0 Å². The van der Waals surface area contributed by atoms with Gasteiger partial charge in [-0.2, -0.15) is 0 Å². The van der Waals surface area contributed by atoms with Crippen LogP contribution in [0.5, 0.6) is 11.5 Å². The predicted octanol–water partition coefficient (Wildman–Crippen LogP) is 5.64. The number of phenolic OH excluding ortho intramolecular Hbond substituents is 1. The molecule has 0 aliphatic carbocycles. The molecule has 0 unspecified atom stereocenters. The Morgan fingerprint density at radius 2 is 1.59 bits per heavy atom. The molecule has 0 aliphatic heterocycles. The van der Waals surface area contributed by atoms with Gasteiger partial charge in [0.05, 0.1) is 0 Å². The van der Waals surface area contributed by atoms with Gasteiger partial charge in [-0.1, -0.05) is 70.8 Å². The second-order valence-electron chi connectivity index (χ2n) is 8.02. The lowest BCUT2D eigenvalue weighted by Crippen LogP contribution is -2.25. The third-order valence-electron chi connectivity index (χ3n) is 5.30. The summed E-state index contributed by atoms with van der Waals surface area (Å²) in [5.74, 6) is -0.147. The molecule has 0 saturated heterocycles. The van der Waals surface area contributed by atoms with Crippen LogP contribution in [0.1, 0.15) is 83.1 Å². The fourth-order valence-electron chi connectivity index (χ4n) is 3.39. The summed E-state index contributed by atoms with van der Waals surface area (Å²) in [6.07, 6.45) is 13.9. The van der Waals surface area contributed by atoms with Crippen molar-refractivity contribution in [1.29, 1.82) is 0 Å². The third-order valence-corrected chi connectivity index (χ3v) is 5.30. The Morgan fingerprint density at radius 3 is 2.17 bits per heavy atom. The first-order valence-corrected chi connectivity index (χ1v) is 11.4. The summed E-state index contributed by atoms with van der Waals surface area (Å²) in [5.41, 5.74) is 0.637. The Labute approximate surface area is 177 Å². The van der Waals surface area contributed by atoms with Gasteiger partial charge in [-0.25, -0.2) is 0 Å². The number of likely N-dealkylation sites (N-methyl/N-ethyl adjacent to an activating group) is 1. The lowest BCUT2D eigenvalue weighted by molar-refractivity contribution is -0.136. The Hall–Kier alpha value is -1.75. The van der Waals surface area contributed by atoms with E-state index in [1.165, 1.54) is 64.2 Å². The summed E-state index contributed by atoms with van der Waals surface area (Å²) in [6, 6.07) is 5.10. The number of aliphatic carboxylic acids is 1. The lowest BCUT2D eigenvalue weighted by Gasteiger charge is -2.17. The van der Waals surface area contributed by atoms with Crippen molar-refractivity contribution in [1.82, 2.24) is 4.90 Å². The first kappa shape index (κ1) is 25.3. The van der Waals surface area contributed by atoms with Crippen molar-refractivity contribution in [2.75, 3.05) is 26.7 Å². The van der Waals surface area contributed by atoms with Crippen LogP contribution in [-0.4, -0.2) is 47.8 Å². The van der Waals surface area contributed by atoms with Crippen molar-refractivity contribution in [3.63, 3.8) is 0 Å².